The van der Waals surface area contributed by atoms with E-state index in [0.29, 0.717) is 0 Å². The fraction of sp³-hybridized carbons (Fsp3) is 0.0690. The molecule has 278 valence electrons. The Balaban J connectivity index is 1.09. The van der Waals surface area contributed by atoms with E-state index in [2.05, 4.69) is 231 Å². The topological polar surface area (TPSA) is 3.24 Å². The third kappa shape index (κ3) is 4.79. The van der Waals surface area contributed by atoms with Crippen LogP contribution in [0.15, 0.2) is 212 Å². The van der Waals surface area contributed by atoms with Gasteiger partial charge in [-0.15, -0.1) is 0 Å². The minimum Gasteiger partial charge on any atom is -0.310 e. The molecule has 0 aromatic heterocycles. The summed E-state index contributed by atoms with van der Waals surface area (Å²) in [6.45, 7) is 4.74. The van der Waals surface area contributed by atoms with Crippen molar-refractivity contribution in [2.24, 2.45) is 0 Å². The first-order valence-electron chi connectivity index (χ1n) is 20.8. The van der Waals surface area contributed by atoms with E-state index in [1.807, 2.05) is 0 Å². The first kappa shape index (κ1) is 33.9. The summed E-state index contributed by atoms with van der Waals surface area (Å²) < 4.78 is 0. The number of benzene rings is 9. The van der Waals surface area contributed by atoms with Gasteiger partial charge in [0.2, 0.25) is 0 Å². The summed E-state index contributed by atoms with van der Waals surface area (Å²) in [6.07, 6.45) is 0. The van der Waals surface area contributed by atoms with E-state index < -0.39 is 5.41 Å². The van der Waals surface area contributed by atoms with Crippen LogP contribution in [-0.2, 0) is 10.8 Å². The van der Waals surface area contributed by atoms with Gasteiger partial charge < -0.3 is 4.90 Å². The molecule has 0 radical (unpaired) electrons. The molecular formula is C58H41N. The first-order chi connectivity index (χ1) is 29.0. The van der Waals surface area contributed by atoms with E-state index in [-0.39, 0.29) is 5.41 Å². The summed E-state index contributed by atoms with van der Waals surface area (Å²) in [6, 6.07) is 79.2. The third-order valence-electron chi connectivity index (χ3n) is 13.5. The highest BCUT2D eigenvalue weighted by Crippen LogP contribution is 2.64. The number of hydrogen-bond acceptors (Lipinski definition) is 1. The Labute approximate surface area is 346 Å². The number of nitrogens with zero attached hydrogens (tertiary/aromatic N) is 1. The molecule has 1 atom stereocenters. The van der Waals surface area contributed by atoms with Gasteiger partial charge in [-0.2, -0.15) is 0 Å². The molecule has 0 heterocycles. The van der Waals surface area contributed by atoms with Gasteiger partial charge in [0, 0.05) is 22.5 Å². The van der Waals surface area contributed by atoms with E-state index in [9.17, 15) is 0 Å². The Morgan fingerprint density at radius 1 is 0.271 bits per heavy atom. The first-order valence-corrected chi connectivity index (χ1v) is 20.8. The van der Waals surface area contributed by atoms with Gasteiger partial charge in [0.25, 0.3) is 0 Å². The molecule has 1 nitrogen and oxygen atoms in total. The monoisotopic (exact) mass is 751 g/mol. The van der Waals surface area contributed by atoms with Crippen LogP contribution in [0.2, 0.25) is 0 Å². The lowest BCUT2D eigenvalue weighted by molar-refractivity contribution is 0.660. The van der Waals surface area contributed by atoms with Crippen molar-refractivity contribution in [1.29, 1.82) is 0 Å². The molecule has 9 aromatic carbocycles. The Bertz CT molecular complexity index is 3120. The van der Waals surface area contributed by atoms with E-state index >= 15 is 0 Å². The van der Waals surface area contributed by atoms with Gasteiger partial charge in [0.1, 0.15) is 0 Å². The van der Waals surface area contributed by atoms with Gasteiger partial charge >= 0.3 is 0 Å². The maximum absolute atomic E-state index is 2.50. The molecule has 12 rings (SSSR count). The maximum atomic E-state index is 2.50. The summed E-state index contributed by atoms with van der Waals surface area (Å²) in [5.41, 5.74) is 23.7. The molecule has 1 heteroatoms. The van der Waals surface area contributed by atoms with Crippen LogP contribution in [0, 0.1) is 0 Å². The van der Waals surface area contributed by atoms with Crippen molar-refractivity contribution in [2.45, 2.75) is 24.7 Å². The summed E-state index contributed by atoms with van der Waals surface area (Å²) in [4.78, 5) is 2.48. The molecule has 3 aliphatic carbocycles. The van der Waals surface area contributed by atoms with E-state index in [0.717, 1.165) is 17.1 Å². The SMILES string of the molecule is CC1(C)c2ccccc2-c2ccc(N(c3ccc(-c4ccccc4)cc3)c3ccc4c(c3)C3(c5ccccc5-c5cc(-c6ccccc6)ccc53)c3ccccc3-4)cc21. The standard InChI is InChI=1S/C58H41N/c1-57(2)51-22-12-9-19-45(51)48-32-30-43(36-55(48)57)59(42-28-25-40(26-29-42)38-15-5-3-6-16-38)44-31-33-49-46-20-10-13-23-52(46)58(56(49)37-44)53-24-14-11-21-47(53)50-35-41(27-34-54(50)58)39-17-7-4-8-18-39/h3-37H,1-2H3. The van der Waals surface area contributed by atoms with Crippen molar-refractivity contribution < 1.29 is 0 Å². The number of hydrogen-bond donors (Lipinski definition) is 0. The van der Waals surface area contributed by atoms with E-state index in [1.54, 1.807) is 0 Å². The average Bonchev–Trinajstić information content (AvgIpc) is 3.85. The highest BCUT2D eigenvalue weighted by Gasteiger charge is 2.52. The molecule has 0 aliphatic heterocycles. The Morgan fingerprint density at radius 2 is 0.678 bits per heavy atom. The summed E-state index contributed by atoms with van der Waals surface area (Å²) in [5, 5.41) is 0. The highest BCUT2D eigenvalue weighted by atomic mass is 15.1. The maximum Gasteiger partial charge on any atom is 0.0726 e. The van der Waals surface area contributed by atoms with Crippen molar-refractivity contribution in [3.63, 3.8) is 0 Å². The van der Waals surface area contributed by atoms with Crippen LogP contribution in [-0.4, -0.2) is 0 Å². The molecule has 59 heavy (non-hydrogen) atoms. The fourth-order valence-corrected chi connectivity index (χ4v) is 10.8. The molecule has 9 aromatic rings. The van der Waals surface area contributed by atoms with Crippen molar-refractivity contribution >= 4 is 17.1 Å². The van der Waals surface area contributed by atoms with Crippen molar-refractivity contribution in [2.75, 3.05) is 4.90 Å². The predicted molar refractivity (Wildman–Crippen MR) is 246 cm³/mol. The molecule has 1 spiro atoms. The summed E-state index contributed by atoms with van der Waals surface area (Å²) >= 11 is 0. The molecule has 0 N–H and O–H groups in total. The Kier molecular flexibility index (Phi) is 7.26. The number of fused-ring (bicyclic) bond motifs is 13. The van der Waals surface area contributed by atoms with Crippen molar-refractivity contribution in [1.82, 2.24) is 0 Å². The van der Waals surface area contributed by atoms with Gasteiger partial charge in [-0.3, -0.25) is 0 Å². The van der Waals surface area contributed by atoms with Gasteiger partial charge in [0.05, 0.1) is 5.41 Å². The van der Waals surface area contributed by atoms with Crippen molar-refractivity contribution in [3.8, 4) is 55.6 Å². The van der Waals surface area contributed by atoms with E-state index in [4.69, 9.17) is 0 Å². The lowest BCUT2D eigenvalue weighted by atomic mass is 9.70. The minimum atomic E-state index is -0.465. The smallest absolute Gasteiger partial charge is 0.0726 e. The van der Waals surface area contributed by atoms with Crippen LogP contribution >= 0.6 is 0 Å². The zero-order chi connectivity index (χ0) is 39.3. The highest BCUT2D eigenvalue weighted by molar-refractivity contribution is 5.97. The number of rotatable bonds is 5. The van der Waals surface area contributed by atoms with Crippen LogP contribution in [0.1, 0.15) is 47.2 Å². The van der Waals surface area contributed by atoms with Crippen LogP contribution in [0.4, 0.5) is 17.1 Å². The van der Waals surface area contributed by atoms with Crippen LogP contribution < -0.4 is 4.90 Å². The third-order valence-corrected chi connectivity index (χ3v) is 13.5. The summed E-state index contributed by atoms with van der Waals surface area (Å²) in [7, 11) is 0. The normalized spacial score (nSPS) is 15.8. The second kappa shape index (κ2) is 12.6. The summed E-state index contributed by atoms with van der Waals surface area (Å²) in [5.74, 6) is 0. The quantitative estimate of drug-likeness (QED) is 0.169. The van der Waals surface area contributed by atoms with Crippen LogP contribution in [0.5, 0.6) is 0 Å². The van der Waals surface area contributed by atoms with Crippen LogP contribution in [0.25, 0.3) is 55.6 Å². The molecule has 0 bridgehead atoms. The molecular weight excluding hydrogens is 711 g/mol. The predicted octanol–water partition coefficient (Wildman–Crippen LogP) is 15.1. The molecule has 0 saturated heterocycles. The Hall–Kier alpha value is -7.22. The largest absolute Gasteiger partial charge is 0.310 e. The Morgan fingerprint density at radius 3 is 1.31 bits per heavy atom. The molecule has 0 amide bonds. The van der Waals surface area contributed by atoms with Gasteiger partial charge in [-0.1, -0.05) is 184 Å². The second-order valence-corrected chi connectivity index (χ2v) is 16.8. The van der Waals surface area contributed by atoms with Crippen LogP contribution in [0.3, 0.4) is 0 Å². The van der Waals surface area contributed by atoms with Gasteiger partial charge in [0.15, 0.2) is 0 Å². The van der Waals surface area contributed by atoms with E-state index in [1.165, 1.54) is 89.0 Å². The molecule has 0 saturated carbocycles. The fourth-order valence-electron chi connectivity index (χ4n) is 10.8. The van der Waals surface area contributed by atoms with Gasteiger partial charge in [-0.25, -0.2) is 0 Å². The van der Waals surface area contributed by atoms with Crippen molar-refractivity contribution in [3.05, 3.63) is 246 Å². The second-order valence-electron chi connectivity index (χ2n) is 16.8. The zero-order valence-electron chi connectivity index (χ0n) is 33.2. The lowest BCUT2D eigenvalue weighted by Crippen LogP contribution is -2.26. The van der Waals surface area contributed by atoms with Gasteiger partial charge in [-0.05, 0) is 131 Å². The molecule has 0 fully saturated rings. The lowest BCUT2D eigenvalue weighted by Gasteiger charge is -2.32. The average molecular weight is 752 g/mol. The number of anilines is 3. The molecule has 3 aliphatic rings. The zero-order valence-corrected chi connectivity index (χ0v) is 33.2. The minimum absolute atomic E-state index is 0.121. The molecule has 1 unspecified atom stereocenters.